The molecule has 1 atom stereocenters. The third kappa shape index (κ3) is 3.05. The SMILES string of the molecule is CC1Cc2ccccc2N1S(=O)(=O)c1ccc(S(=O)(=O)N2CCCC2)cc1. The molecule has 27 heavy (non-hydrogen) atoms. The Labute approximate surface area is 160 Å². The van der Waals surface area contributed by atoms with Crippen LogP contribution in [0.5, 0.6) is 0 Å². The van der Waals surface area contributed by atoms with Gasteiger partial charge >= 0.3 is 0 Å². The molecule has 0 aliphatic carbocycles. The molecule has 0 aromatic heterocycles. The van der Waals surface area contributed by atoms with E-state index in [-0.39, 0.29) is 15.8 Å². The number of hydrogen-bond acceptors (Lipinski definition) is 4. The van der Waals surface area contributed by atoms with Crippen LogP contribution in [-0.2, 0) is 26.5 Å². The Kier molecular flexibility index (Phi) is 4.52. The van der Waals surface area contributed by atoms with Crippen LogP contribution in [0.4, 0.5) is 5.69 Å². The Hall–Kier alpha value is -1.90. The minimum Gasteiger partial charge on any atom is -0.263 e. The maximum Gasteiger partial charge on any atom is 0.264 e. The van der Waals surface area contributed by atoms with Crippen LogP contribution >= 0.6 is 0 Å². The number of anilines is 1. The molecule has 0 amide bonds. The van der Waals surface area contributed by atoms with Crippen LogP contribution in [-0.4, -0.2) is 40.3 Å². The van der Waals surface area contributed by atoms with Crippen molar-refractivity contribution in [3.8, 4) is 0 Å². The molecule has 2 aliphatic rings. The van der Waals surface area contributed by atoms with Gasteiger partial charge in [-0.3, -0.25) is 4.31 Å². The molecule has 2 heterocycles. The van der Waals surface area contributed by atoms with Gasteiger partial charge in [-0.05, 0) is 62.1 Å². The monoisotopic (exact) mass is 406 g/mol. The number of para-hydroxylation sites is 1. The highest BCUT2D eigenvalue weighted by atomic mass is 32.2. The van der Waals surface area contributed by atoms with Crippen LogP contribution in [0.15, 0.2) is 58.3 Å². The Morgan fingerprint density at radius 3 is 2.00 bits per heavy atom. The fraction of sp³-hybridized carbons (Fsp3) is 0.368. The number of benzene rings is 2. The second-order valence-electron chi connectivity index (χ2n) is 7.07. The van der Waals surface area contributed by atoms with E-state index in [0.29, 0.717) is 25.2 Å². The lowest BCUT2D eigenvalue weighted by atomic mass is 10.1. The normalized spacial score (nSPS) is 20.8. The second kappa shape index (κ2) is 6.61. The summed E-state index contributed by atoms with van der Waals surface area (Å²) in [6, 6.07) is 12.9. The first-order chi connectivity index (χ1) is 12.8. The molecule has 144 valence electrons. The van der Waals surface area contributed by atoms with E-state index < -0.39 is 20.0 Å². The fourth-order valence-electron chi connectivity index (χ4n) is 3.88. The summed E-state index contributed by atoms with van der Waals surface area (Å²) in [4.78, 5) is 0.240. The quantitative estimate of drug-likeness (QED) is 0.782. The summed E-state index contributed by atoms with van der Waals surface area (Å²) < 4.78 is 54.5. The Morgan fingerprint density at radius 2 is 1.37 bits per heavy atom. The Morgan fingerprint density at radius 1 is 0.815 bits per heavy atom. The van der Waals surface area contributed by atoms with Gasteiger partial charge in [0.1, 0.15) is 0 Å². The van der Waals surface area contributed by atoms with E-state index in [2.05, 4.69) is 0 Å². The molecule has 1 fully saturated rings. The first kappa shape index (κ1) is 18.5. The summed E-state index contributed by atoms with van der Waals surface area (Å²) in [5.74, 6) is 0. The zero-order chi connectivity index (χ0) is 19.2. The van der Waals surface area contributed by atoms with E-state index in [1.54, 1.807) is 0 Å². The summed E-state index contributed by atoms with van der Waals surface area (Å²) in [6.07, 6.45) is 2.38. The average Bonchev–Trinajstić information content (AvgIpc) is 3.29. The number of sulfonamides is 2. The summed E-state index contributed by atoms with van der Waals surface area (Å²) in [5, 5.41) is 0. The van der Waals surface area contributed by atoms with Crippen molar-refractivity contribution in [2.45, 2.75) is 42.0 Å². The van der Waals surface area contributed by atoms with Gasteiger partial charge in [0.25, 0.3) is 10.0 Å². The predicted octanol–water partition coefficient (Wildman–Crippen LogP) is 2.61. The van der Waals surface area contributed by atoms with E-state index in [1.165, 1.54) is 32.9 Å². The maximum atomic E-state index is 13.2. The van der Waals surface area contributed by atoms with E-state index >= 15 is 0 Å². The van der Waals surface area contributed by atoms with Gasteiger partial charge in [0.05, 0.1) is 15.5 Å². The number of fused-ring (bicyclic) bond motifs is 1. The third-order valence-corrected chi connectivity index (χ3v) is 9.08. The number of rotatable bonds is 4. The molecule has 6 nitrogen and oxygen atoms in total. The molecule has 2 aromatic carbocycles. The van der Waals surface area contributed by atoms with Gasteiger partial charge in [-0.1, -0.05) is 18.2 Å². The number of hydrogen-bond donors (Lipinski definition) is 0. The maximum absolute atomic E-state index is 13.2. The summed E-state index contributed by atoms with van der Waals surface area (Å²) in [5.41, 5.74) is 1.69. The van der Waals surface area contributed by atoms with Gasteiger partial charge < -0.3 is 0 Å². The zero-order valence-corrected chi connectivity index (χ0v) is 16.7. The van der Waals surface area contributed by atoms with E-state index in [1.807, 2.05) is 31.2 Å². The molecule has 2 aliphatic heterocycles. The molecular weight excluding hydrogens is 384 g/mol. The van der Waals surface area contributed by atoms with Gasteiger partial charge in [-0.2, -0.15) is 4.31 Å². The van der Waals surface area contributed by atoms with Gasteiger partial charge in [-0.15, -0.1) is 0 Å². The largest absolute Gasteiger partial charge is 0.264 e. The van der Waals surface area contributed by atoms with E-state index in [4.69, 9.17) is 0 Å². The van der Waals surface area contributed by atoms with Crippen molar-refractivity contribution in [3.05, 3.63) is 54.1 Å². The van der Waals surface area contributed by atoms with Crippen LogP contribution in [0.25, 0.3) is 0 Å². The smallest absolute Gasteiger partial charge is 0.263 e. The van der Waals surface area contributed by atoms with Crippen LogP contribution < -0.4 is 4.31 Å². The van der Waals surface area contributed by atoms with Crippen molar-refractivity contribution >= 4 is 25.7 Å². The third-order valence-electron chi connectivity index (χ3n) is 5.23. The highest BCUT2D eigenvalue weighted by Crippen LogP contribution is 2.36. The predicted molar refractivity (Wildman–Crippen MR) is 104 cm³/mol. The van der Waals surface area contributed by atoms with E-state index in [9.17, 15) is 16.8 Å². The molecule has 0 bridgehead atoms. The molecule has 8 heteroatoms. The minimum atomic E-state index is -3.76. The molecule has 1 unspecified atom stereocenters. The summed E-state index contributed by atoms with van der Waals surface area (Å²) in [7, 11) is -7.31. The summed E-state index contributed by atoms with van der Waals surface area (Å²) >= 11 is 0. The van der Waals surface area contributed by atoms with Crippen molar-refractivity contribution in [1.29, 1.82) is 0 Å². The Balaban J connectivity index is 1.68. The van der Waals surface area contributed by atoms with Crippen molar-refractivity contribution in [1.82, 2.24) is 4.31 Å². The highest BCUT2D eigenvalue weighted by molar-refractivity contribution is 7.93. The standard InChI is InChI=1S/C19H22N2O4S2/c1-15-14-16-6-2-3-7-19(16)21(15)27(24,25)18-10-8-17(9-11-18)26(22,23)20-12-4-5-13-20/h2-3,6-11,15H,4-5,12-14H2,1H3. The molecule has 0 N–H and O–H groups in total. The Bertz CT molecular complexity index is 1060. The zero-order valence-electron chi connectivity index (χ0n) is 15.1. The minimum absolute atomic E-state index is 0.103. The van der Waals surface area contributed by atoms with Crippen LogP contribution in [0.3, 0.4) is 0 Å². The topological polar surface area (TPSA) is 74.8 Å². The lowest BCUT2D eigenvalue weighted by Gasteiger charge is -2.24. The highest BCUT2D eigenvalue weighted by Gasteiger charge is 2.36. The first-order valence-electron chi connectivity index (χ1n) is 9.04. The molecule has 0 spiro atoms. The number of nitrogens with zero attached hydrogens (tertiary/aromatic N) is 2. The average molecular weight is 407 g/mol. The van der Waals surface area contributed by atoms with Crippen LogP contribution in [0, 0.1) is 0 Å². The molecule has 1 saturated heterocycles. The molecular formula is C19H22N2O4S2. The van der Waals surface area contributed by atoms with Gasteiger partial charge in [-0.25, -0.2) is 16.8 Å². The van der Waals surface area contributed by atoms with Crippen molar-refractivity contribution in [2.75, 3.05) is 17.4 Å². The van der Waals surface area contributed by atoms with E-state index in [0.717, 1.165) is 18.4 Å². The van der Waals surface area contributed by atoms with Crippen molar-refractivity contribution in [3.63, 3.8) is 0 Å². The van der Waals surface area contributed by atoms with Gasteiger partial charge in [0.15, 0.2) is 0 Å². The second-order valence-corrected chi connectivity index (χ2v) is 10.8. The van der Waals surface area contributed by atoms with Crippen molar-refractivity contribution < 1.29 is 16.8 Å². The fourth-order valence-corrected chi connectivity index (χ4v) is 7.09. The first-order valence-corrected chi connectivity index (χ1v) is 11.9. The van der Waals surface area contributed by atoms with Crippen LogP contribution in [0.2, 0.25) is 0 Å². The molecule has 4 rings (SSSR count). The molecule has 0 radical (unpaired) electrons. The molecule has 2 aromatic rings. The molecule has 0 saturated carbocycles. The van der Waals surface area contributed by atoms with Gasteiger partial charge in [0.2, 0.25) is 10.0 Å². The van der Waals surface area contributed by atoms with Gasteiger partial charge in [0, 0.05) is 19.1 Å². The lowest BCUT2D eigenvalue weighted by Crippen LogP contribution is -2.35. The van der Waals surface area contributed by atoms with Crippen LogP contribution in [0.1, 0.15) is 25.3 Å². The lowest BCUT2D eigenvalue weighted by molar-refractivity contribution is 0.477. The van der Waals surface area contributed by atoms with Crippen molar-refractivity contribution in [2.24, 2.45) is 0 Å². The summed E-state index contributed by atoms with van der Waals surface area (Å²) in [6.45, 7) is 2.92.